The van der Waals surface area contributed by atoms with E-state index in [1.165, 1.54) is 6.07 Å². The highest BCUT2D eigenvalue weighted by Gasteiger charge is 2.14. The molecule has 3 N–H and O–H groups in total. The maximum atomic E-state index is 12.1. The standard InChI is InChI=1S/C13H23N3O3S/c1-11-8-12(14)10-13(9-11)20(17,18)15-4-5-16(2)6-7-19-3/h8-10,15H,4-7,14H2,1-3H3. The second-order valence-corrected chi connectivity index (χ2v) is 6.54. The molecule has 0 aliphatic carbocycles. The molecule has 20 heavy (non-hydrogen) atoms. The Morgan fingerprint density at radius 3 is 2.60 bits per heavy atom. The molecule has 0 fully saturated rings. The quantitative estimate of drug-likeness (QED) is 0.680. The first-order valence-corrected chi connectivity index (χ1v) is 7.88. The van der Waals surface area contributed by atoms with Gasteiger partial charge in [0.15, 0.2) is 0 Å². The molecule has 0 aliphatic heterocycles. The summed E-state index contributed by atoms with van der Waals surface area (Å²) in [7, 11) is 0.0429. The Morgan fingerprint density at radius 1 is 1.30 bits per heavy atom. The van der Waals surface area contributed by atoms with Crippen LogP contribution < -0.4 is 10.5 Å². The van der Waals surface area contributed by atoms with Gasteiger partial charge >= 0.3 is 0 Å². The molecule has 6 nitrogen and oxygen atoms in total. The number of sulfonamides is 1. The number of benzene rings is 1. The SMILES string of the molecule is COCCN(C)CCNS(=O)(=O)c1cc(C)cc(N)c1. The number of likely N-dealkylation sites (N-methyl/N-ethyl adjacent to an activating group) is 1. The Kier molecular flexibility index (Phi) is 6.41. The number of rotatable bonds is 8. The van der Waals surface area contributed by atoms with Crippen molar-refractivity contribution in [2.75, 3.05) is 46.1 Å². The van der Waals surface area contributed by atoms with Crippen LogP contribution >= 0.6 is 0 Å². The molecule has 1 aromatic carbocycles. The molecule has 0 saturated heterocycles. The number of nitrogens with zero attached hydrogens (tertiary/aromatic N) is 1. The fourth-order valence-electron chi connectivity index (χ4n) is 1.74. The van der Waals surface area contributed by atoms with Gasteiger partial charge in [0, 0.05) is 32.4 Å². The Labute approximate surface area is 121 Å². The van der Waals surface area contributed by atoms with E-state index in [9.17, 15) is 8.42 Å². The Morgan fingerprint density at radius 2 is 2.00 bits per heavy atom. The van der Waals surface area contributed by atoms with E-state index in [2.05, 4.69) is 4.72 Å². The molecule has 0 aliphatic rings. The van der Waals surface area contributed by atoms with Crippen molar-refractivity contribution in [3.05, 3.63) is 23.8 Å². The summed E-state index contributed by atoms with van der Waals surface area (Å²) >= 11 is 0. The van der Waals surface area contributed by atoms with Crippen LogP contribution in [0.3, 0.4) is 0 Å². The lowest BCUT2D eigenvalue weighted by Crippen LogP contribution is -2.34. The Bertz CT molecular complexity index is 511. The van der Waals surface area contributed by atoms with E-state index in [4.69, 9.17) is 10.5 Å². The maximum absolute atomic E-state index is 12.1. The van der Waals surface area contributed by atoms with Crippen LogP contribution in [-0.4, -0.2) is 53.7 Å². The lowest BCUT2D eigenvalue weighted by molar-refractivity contribution is 0.162. The highest BCUT2D eigenvalue weighted by Crippen LogP contribution is 2.15. The molecule has 7 heteroatoms. The van der Waals surface area contributed by atoms with Crippen molar-refractivity contribution in [3.63, 3.8) is 0 Å². The normalized spacial score (nSPS) is 12.0. The molecule has 0 bridgehead atoms. The van der Waals surface area contributed by atoms with E-state index in [0.717, 1.165) is 12.1 Å². The van der Waals surface area contributed by atoms with Gasteiger partial charge in [0.05, 0.1) is 11.5 Å². The number of nitrogens with two attached hydrogens (primary N) is 1. The molecule has 114 valence electrons. The number of anilines is 1. The molecule has 1 aromatic rings. The van der Waals surface area contributed by atoms with Gasteiger partial charge in [-0.1, -0.05) is 0 Å². The van der Waals surface area contributed by atoms with Crippen LogP contribution in [0.4, 0.5) is 5.69 Å². The van der Waals surface area contributed by atoms with Gasteiger partial charge in [-0.3, -0.25) is 0 Å². The van der Waals surface area contributed by atoms with Gasteiger partial charge in [0.25, 0.3) is 0 Å². The number of ether oxygens (including phenoxy) is 1. The molecule has 0 heterocycles. The third-order valence-corrected chi connectivity index (χ3v) is 4.29. The third kappa shape index (κ3) is 5.46. The molecule has 0 amide bonds. The zero-order valence-corrected chi connectivity index (χ0v) is 13.0. The molecular formula is C13H23N3O3S. The predicted octanol–water partition coefficient (Wildman–Crippen LogP) is 0.434. The number of hydrogen-bond acceptors (Lipinski definition) is 5. The number of nitrogens with one attached hydrogen (secondary N) is 1. The first-order valence-electron chi connectivity index (χ1n) is 6.39. The van der Waals surface area contributed by atoms with Crippen LogP contribution in [0.15, 0.2) is 23.1 Å². The number of hydrogen-bond donors (Lipinski definition) is 2. The van der Waals surface area contributed by atoms with Crippen LogP contribution in [0.2, 0.25) is 0 Å². The van der Waals surface area contributed by atoms with E-state index in [1.807, 2.05) is 18.9 Å². The van der Waals surface area contributed by atoms with Crippen LogP contribution in [0.1, 0.15) is 5.56 Å². The summed E-state index contributed by atoms with van der Waals surface area (Å²) in [4.78, 5) is 2.20. The minimum atomic E-state index is -3.51. The van der Waals surface area contributed by atoms with Gasteiger partial charge in [0.1, 0.15) is 0 Å². The summed E-state index contributed by atoms with van der Waals surface area (Å²) < 4.78 is 31.8. The Balaban J connectivity index is 2.57. The van der Waals surface area contributed by atoms with Gasteiger partial charge < -0.3 is 15.4 Å². The van der Waals surface area contributed by atoms with Crippen molar-refractivity contribution in [1.82, 2.24) is 9.62 Å². The minimum absolute atomic E-state index is 0.203. The topological polar surface area (TPSA) is 84.7 Å². The maximum Gasteiger partial charge on any atom is 0.240 e. The van der Waals surface area contributed by atoms with Crippen molar-refractivity contribution < 1.29 is 13.2 Å². The first kappa shape index (κ1) is 16.9. The molecule has 1 rings (SSSR count). The zero-order chi connectivity index (χ0) is 15.2. The first-order chi connectivity index (χ1) is 9.35. The van der Waals surface area contributed by atoms with Crippen molar-refractivity contribution in [2.45, 2.75) is 11.8 Å². The second kappa shape index (κ2) is 7.58. The van der Waals surface area contributed by atoms with Gasteiger partial charge in [-0.15, -0.1) is 0 Å². The molecule has 0 unspecified atom stereocenters. The Hall–Kier alpha value is -1.15. The van der Waals surface area contributed by atoms with Crippen LogP contribution in [0.5, 0.6) is 0 Å². The smallest absolute Gasteiger partial charge is 0.240 e. The number of nitrogen functional groups attached to an aromatic ring is 1. The third-order valence-electron chi connectivity index (χ3n) is 2.85. The van der Waals surface area contributed by atoms with Crippen molar-refractivity contribution in [2.24, 2.45) is 0 Å². The predicted molar refractivity (Wildman–Crippen MR) is 80.2 cm³/mol. The largest absolute Gasteiger partial charge is 0.399 e. The molecule has 0 spiro atoms. The van der Waals surface area contributed by atoms with E-state index < -0.39 is 10.0 Å². The summed E-state index contributed by atoms with van der Waals surface area (Å²) in [5.74, 6) is 0. The van der Waals surface area contributed by atoms with Gasteiger partial charge in [-0.2, -0.15) is 0 Å². The fraction of sp³-hybridized carbons (Fsp3) is 0.538. The monoisotopic (exact) mass is 301 g/mol. The summed E-state index contributed by atoms with van der Waals surface area (Å²) in [6.07, 6.45) is 0. The molecule has 0 radical (unpaired) electrons. The number of methoxy groups -OCH3 is 1. The van der Waals surface area contributed by atoms with Crippen LogP contribution in [-0.2, 0) is 14.8 Å². The average molecular weight is 301 g/mol. The summed E-state index contributed by atoms with van der Waals surface area (Å²) in [6, 6.07) is 4.80. The highest BCUT2D eigenvalue weighted by molar-refractivity contribution is 7.89. The molecule has 0 aromatic heterocycles. The van der Waals surface area contributed by atoms with Gasteiger partial charge in [-0.25, -0.2) is 13.1 Å². The van der Waals surface area contributed by atoms with E-state index in [0.29, 0.717) is 25.4 Å². The van der Waals surface area contributed by atoms with Crippen molar-refractivity contribution >= 4 is 15.7 Å². The number of aryl methyl sites for hydroxylation is 1. The summed E-state index contributed by atoms with van der Waals surface area (Å²) in [5.41, 5.74) is 6.94. The summed E-state index contributed by atoms with van der Waals surface area (Å²) in [6.45, 7) is 4.15. The summed E-state index contributed by atoms with van der Waals surface area (Å²) in [5, 5.41) is 0. The molecule has 0 atom stereocenters. The lowest BCUT2D eigenvalue weighted by atomic mass is 10.2. The minimum Gasteiger partial charge on any atom is -0.399 e. The van der Waals surface area contributed by atoms with E-state index >= 15 is 0 Å². The van der Waals surface area contributed by atoms with Crippen molar-refractivity contribution in [1.29, 1.82) is 0 Å². The fourth-order valence-corrected chi connectivity index (χ4v) is 2.90. The average Bonchev–Trinajstić information content (AvgIpc) is 2.35. The van der Waals surface area contributed by atoms with Crippen molar-refractivity contribution in [3.8, 4) is 0 Å². The second-order valence-electron chi connectivity index (χ2n) is 4.77. The van der Waals surface area contributed by atoms with E-state index in [-0.39, 0.29) is 4.90 Å². The molecule has 0 saturated carbocycles. The van der Waals surface area contributed by atoms with Gasteiger partial charge in [0.2, 0.25) is 10.0 Å². The van der Waals surface area contributed by atoms with Crippen LogP contribution in [0.25, 0.3) is 0 Å². The van der Waals surface area contributed by atoms with Crippen LogP contribution in [0, 0.1) is 6.92 Å². The molecular weight excluding hydrogens is 278 g/mol. The zero-order valence-electron chi connectivity index (χ0n) is 12.2. The lowest BCUT2D eigenvalue weighted by Gasteiger charge is -2.16. The highest BCUT2D eigenvalue weighted by atomic mass is 32.2. The van der Waals surface area contributed by atoms with Gasteiger partial charge in [-0.05, 0) is 37.7 Å². The van der Waals surface area contributed by atoms with E-state index in [1.54, 1.807) is 19.2 Å².